The molecule has 4 nitrogen and oxygen atoms in total. The fourth-order valence-electron chi connectivity index (χ4n) is 2.82. The Bertz CT molecular complexity index is 469. The van der Waals surface area contributed by atoms with Crippen LogP contribution in [0, 0.1) is 0 Å². The molecule has 0 bridgehead atoms. The van der Waals surface area contributed by atoms with Gasteiger partial charge >= 0.3 is 0 Å². The molecule has 1 aromatic rings. The number of carbonyl (C=O) groups excluding carboxylic acids is 1. The van der Waals surface area contributed by atoms with Gasteiger partial charge in [0.25, 0.3) is 0 Å². The van der Waals surface area contributed by atoms with Gasteiger partial charge in [0.2, 0.25) is 0 Å². The van der Waals surface area contributed by atoms with Gasteiger partial charge < -0.3 is 14.2 Å². The molecule has 2 atom stereocenters. The van der Waals surface area contributed by atoms with Gasteiger partial charge in [-0.3, -0.25) is 4.79 Å². The van der Waals surface area contributed by atoms with E-state index in [1.54, 1.807) is 6.92 Å². The van der Waals surface area contributed by atoms with E-state index in [1.807, 2.05) is 32.0 Å². The molecule has 1 aliphatic rings. The van der Waals surface area contributed by atoms with Crippen LogP contribution in [-0.4, -0.2) is 30.4 Å². The summed E-state index contributed by atoms with van der Waals surface area (Å²) in [6.07, 6.45) is 2.03. The minimum Gasteiger partial charge on any atom is -0.377 e. The van der Waals surface area contributed by atoms with Crippen molar-refractivity contribution in [1.29, 1.82) is 0 Å². The first-order valence-electron chi connectivity index (χ1n) is 7.91. The summed E-state index contributed by atoms with van der Waals surface area (Å²) in [4.78, 5) is 11.3. The molecule has 0 saturated carbocycles. The maximum Gasteiger partial charge on any atom is 0.163 e. The SMILES string of the molecule is CC(=O)C[C@H]1C[C@@H](CCOCc2ccccc2)OC(C)(C)O1. The molecular weight excluding hydrogens is 280 g/mol. The second-order valence-electron chi connectivity index (χ2n) is 6.35. The monoisotopic (exact) mass is 306 g/mol. The maximum atomic E-state index is 11.3. The van der Waals surface area contributed by atoms with Gasteiger partial charge in [-0.2, -0.15) is 0 Å². The first-order chi connectivity index (χ1) is 10.4. The Labute approximate surface area is 132 Å². The first-order valence-corrected chi connectivity index (χ1v) is 7.91. The van der Waals surface area contributed by atoms with Crippen molar-refractivity contribution in [2.24, 2.45) is 0 Å². The van der Waals surface area contributed by atoms with Crippen molar-refractivity contribution in [3.63, 3.8) is 0 Å². The lowest BCUT2D eigenvalue weighted by Crippen LogP contribution is -2.45. The lowest BCUT2D eigenvalue weighted by atomic mass is 10.0. The van der Waals surface area contributed by atoms with Crippen LogP contribution in [0.5, 0.6) is 0 Å². The molecule has 0 amide bonds. The zero-order valence-electron chi connectivity index (χ0n) is 13.7. The van der Waals surface area contributed by atoms with Crippen LogP contribution in [0.2, 0.25) is 0 Å². The highest BCUT2D eigenvalue weighted by atomic mass is 16.7. The van der Waals surface area contributed by atoms with Crippen molar-refractivity contribution in [3.8, 4) is 0 Å². The van der Waals surface area contributed by atoms with Gasteiger partial charge in [-0.25, -0.2) is 0 Å². The molecule has 122 valence electrons. The van der Waals surface area contributed by atoms with Crippen LogP contribution in [0.15, 0.2) is 30.3 Å². The molecule has 1 aromatic carbocycles. The Morgan fingerprint density at radius 2 is 1.91 bits per heavy atom. The van der Waals surface area contributed by atoms with E-state index in [2.05, 4.69) is 12.1 Å². The minimum atomic E-state index is -0.636. The summed E-state index contributed by atoms with van der Waals surface area (Å²) in [5, 5.41) is 0. The summed E-state index contributed by atoms with van der Waals surface area (Å²) in [7, 11) is 0. The molecule has 0 spiro atoms. The van der Waals surface area contributed by atoms with Gasteiger partial charge in [0.15, 0.2) is 5.79 Å². The standard InChI is InChI=1S/C18H26O4/c1-14(19)11-17-12-16(21-18(2,3)22-17)9-10-20-13-15-7-5-4-6-8-15/h4-8,16-17H,9-13H2,1-3H3/t16-,17+/m1/s1. The number of rotatable bonds is 7. The molecule has 0 radical (unpaired) electrons. The minimum absolute atomic E-state index is 0.0552. The average Bonchev–Trinajstić information content (AvgIpc) is 2.42. The van der Waals surface area contributed by atoms with Gasteiger partial charge in [-0.05, 0) is 32.8 Å². The van der Waals surface area contributed by atoms with E-state index >= 15 is 0 Å². The Balaban J connectivity index is 1.75. The Hall–Kier alpha value is -1.23. The Morgan fingerprint density at radius 1 is 1.23 bits per heavy atom. The predicted molar refractivity (Wildman–Crippen MR) is 84.5 cm³/mol. The average molecular weight is 306 g/mol. The summed E-state index contributed by atoms with van der Waals surface area (Å²) >= 11 is 0. The van der Waals surface area contributed by atoms with Crippen molar-refractivity contribution < 1.29 is 19.0 Å². The van der Waals surface area contributed by atoms with E-state index in [-0.39, 0.29) is 18.0 Å². The van der Waals surface area contributed by atoms with Crippen LogP contribution >= 0.6 is 0 Å². The largest absolute Gasteiger partial charge is 0.377 e. The summed E-state index contributed by atoms with van der Waals surface area (Å²) in [5.74, 6) is -0.482. The second-order valence-corrected chi connectivity index (χ2v) is 6.35. The topological polar surface area (TPSA) is 44.8 Å². The molecule has 0 N–H and O–H groups in total. The van der Waals surface area contributed by atoms with Crippen LogP contribution < -0.4 is 0 Å². The summed E-state index contributed by atoms with van der Waals surface area (Å²) in [6, 6.07) is 10.1. The Kier molecular flexibility index (Phi) is 6.12. The molecule has 1 fully saturated rings. The molecule has 0 aromatic heterocycles. The van der Waals surface area contributed by atoms with E-state index in [1.165, 1.54) is 5.56 Å². The summed E-state index contributed by atoms with van der Waals surface area (Å²) in [5.41, 5.74) is 1.17. The second kappa shape index (κ2) is 7.86. The number of Topliss-reactive ketones (excluding diaryl/α,β-unsaturated/α-hetero) is 1. The van der Waals surface area contributed by atoms with E-state index in [0.717, 1.165) is 12.8 Å². The molecule has 1 saturated heterocycles. The van der Waals surface area contributed by atoms with Crippen LogP contribution in [-0.2, 0) is 25.6 Å². The number of ether oxygens (including phenoxy) is 3. The van der Waals surface area contributed by atoms with Crippen molar-refractivity contribution in [3.05, 3.63) is 35.9 Å². The van der Waals surface area contributed by atoms with Gasteiger partial charge in [0.05, 0.1) is 18.8 Å². The zero-order valence-corrected chi connectivity index (χ0v) is 13.7. The third-order valence-electron chi connectivity index (χ3n) is 3.64. The fourth-order valence-corrected chi connectivity index (χ4v) is 2.82. The van der Waals surface area contributed by atoms with Crippen LogP contribution in [0.1, 0.15) is 45.6 Å². The molecule has 1 heterocycles. The first kappa shape index (κ1) is 17.1. The van der Waals surface area contributed by atoms with Crippen molar-refractivity contribution in [2.45, 2.75) is 64.6 Å². The highest BCUT2D eigenvalue weighted by molar-refractivity contribution is 5.75. The van der Waals surface area contributed by atoms with Gasteiger partial charge in [0.1, 0.15) is 5.78 Å². The third kappa shape index (κ3) is 5.87. The van der Waals surface area contributed by atoms with Gasteiger partial charge in [0, 0.05) is 19.4 Å². The Morgan fingerprint density at radius 3 is 2.59 bits per heavy atom. The molecule has 0 unspecified atom stereocenters. The molecule has 22 heavy (non-hydrogen) atoms. The van der Waals surface area contributed by atoms with Gasteiger partial charge in [-0.15, -0.1) is 0 Å². The lowest BCUT2D eigenvalue weighted by Gasteiger charge is -2.40. The maximum absolute atomic E-state index is 11.3. The zero-order chi connectivity index (χ0) is 16.0. The van der Waals surface area contributed by atoms with E-state index in [0.29, 0.717) is 19.6 Å². The smallest absolute Gasteiger partial charge is 0.163 e. The van der Waals surface area contributed by atoms with E-state index < -0.39 is 5.79 Å². The molecule has 1 aliphatic heterocycles. The quantitative estimate of drug-likeness (QED) is 0.723. The fraction of sp³-hybridized carbons (Fsp3) is 0.611. The highest BCUT2D eigenvalue weighted by Crippen LogP contribution is 2.29. The van der Waals surface area contributed by atoms with E-state index in [9.17, 15) is 4.79 Å². The number of carbonyl (C=O) groups is 1. The summed E-state index contributed by atoms with van der Waals surface area (Å²) < 4.78 is 17.5. The van der Waals surface area contributed by atoms with Crippen molar-refractivity contribution in [1.82, 2.24) is 0 Å². The normalized spacial score (nSPS) is 24.1. The number of ketones is 1. The lowest BCUT2D eigenvalue weighted by molar-refractivity contribution is -0.300. The number of benzene rings is 1. The van der Waals surface area contributed by atoms with E-state index in [4.69, 9.17) is 14.2 Å². The molecule has 2 rings (SSSR count). The highest BCUT2D eigenvalue weighted by Gasteiger charge is 2.35. The van der Waals surface area contributed by atoms with Crippen molar-refractivity contribution >= 4 is 5.78 Å². The number of hydrogen-bond donors (Lipinski definition) is 0. The van der Waals surface area contributed by atoms with Crippen LogP contribution in [0.3, 0.4) is 0 Å². The molecule has 0 aliphatic carbocycles. The molecular formula is C18H26O4. The molecule has 4 heteroatoms. The van der Waals surface area contributed by atoms with Crippen molar-refractivity contribution in [2.75, 3.05) is 6.61 Å². The van der Waals surface area contributed by atoms with Crippen LogP contribution in [0.4, 0.5) is 0 Å². The summed E-state index contributed by atoms with van der Waals surface area (Å²) in [6.45, 7) is 6.66. The third-order valence-corrected chi connectivity index (χ3v) is 3.64. The van der Waals surface area contributed by atoms with Crippen LogP contribution in [0.25, 0.3) is 0 Å². The predicted octanol–water partition coefficient (Wildman–Crippen LogP) is 3.48. The van der Waals surface area contributed by atoms with Gasteiger partial charge in [-0.1, -0.05) is 30.3 Å². The number of hydrogen-bond acceptors (Lipinski definition) is 4.